The van der Waals surface area contributed by atoms with Gasteiger partial charge in [-0.05, 0) is 12.1 Å². The third-order valence-electron chi connectivity index (χ3n) is 2.04. The molecule has 3 rings (SSSR count). The van der Waals surface area contributed by atoms with Crippen LogP contribution >= 0.6 is 22.9 Å². The standard InChI is InChI=1S/C10H5ClN2OS/c11-6-1-2-13-7-3-9(15-10(6)7)8-4-12-5-14-8/h1-5H. The summed E-state index contributed by atoms with van der Waals surface area (Å²) in [6.07, 6.45) is 4.79. The molecule has 0 aromatic carbocycles. The average Bonchev–Trinajstić information content (AvgIpc) is 2.86. The van der Waals surface area contributed by atoms with E-state index in [-0.39, 0.29) is 0 Å². The van der Waals surface area contributed by atoms with Crippen molar-refractivity contribution in [1.82, 2.24) is 9.97 Å². The van der Waals surface area contributed by atoms with Gasteiger partial charge in [0, 0.05) is 6.20 Å². The summed E-state index contributed by atoms with van der Waals surface area (Å²) >= 11 is 7.61. The topological polar surface area (TPSA) is 38.9 Å². The Morgan fingerprint density at radius 2 is 2.33 bits per heavy atom. The van der Waals surface area contributed by atoms with Crippen molar-refractivity contribution in [2.45, 2.75) is 0 Å². The van der Waals surface area contributed by atoms with Crippen molar-refractivity contribution in [1.29, 1.82) is 0 Å². The Bertz CT molecular complexity index is 603. The molecule has 5 heteroatoms. The van der Waals surface area contributed by atoms with Crippen LogP contribution in [-0.4, -0.2) is 9.97 Å². The van der Waals surface area contributed by atoms with E-state index < -0.39 is 0 Å². The van der Waals surface area contributed by atoms with Crippen molar-refractivity contribution in [3.63, 3.8) is 0 Å². The van der Waals surface area contributed by atoms with Gasteiger partial charge in [0.15, 0.2) is 12.2 Å². The minimum atomic E-state index is 0.718. The highest BCUT2D eigenvalue weighted by Crippen LogP contribution is 2.35. The number of rotatable bonds is 1. The van der Waals surface area contributed by atoms with Crippen molar-refractivity contribution in [3.05, 3.63) is 35.9 Å². The predicted molar refractivity (Wildman–Crippen MR) is 60.1 cm³/mol. The van der Waals surface area contributed by atoms with Crippen LogP contribution in [0.3, 0.4) is 0 Å². The van der Waals surface area contributed by atoms with Gasteiger partial charge in [0.1, 0.15) is 0 Å². The predicted octanol–water partition coefficient (Wildman–Crippen LogP) is 3.60. The molecule has 0 N–H and O–H groups in total. The second-order valence-electron chi connectivity index (χ2n) is 2.98. The maximum absolute atomic E-state index is 6.06. The number of thiophene rings is 1. The SMILES string of the molecule is Clc1ccnc2cc(-c3cnco3)sc12. The molecule has 0 atom stereocenters. The Kier molecular flexibility index (Phi) is 1.97. The summed E-state index contributed by atoms with van der Waals surface area (Å²) in [4.78, 5) is 9.10. The van der Waals surface area contributed by atoms with Crippen LogP contribution in [0.2, 0.25) is 5.02 Å². The van der Waals surface area contributed by atoms with Gasteiger partial charge in [0.2, 0.25) is 0 Å². The lowest BCUT2D eigenvalue weighted by Gasteiger charge is -1.88. The van der Waals surface area contributed by atoms with E-state index in [0.717, 1.165) is 25.9 Å². The molecule has 74 valence electrons. The molecule has 3 aromatic heterocycles. The Morgan fingerprint density at radius 3 is 3.07 bits per heavy atom. The summed E-state index contributed by atoms with van der Waals surface area (Å²) in [6.45, 7) is 0. The summed E-state index contributed by atoms with van der Waals surface area (Å²) in [5, 5.41) is 0.718. The van der Waals surface area contributed by atoms with Crippen LogP contribution in [-0.2, 0) is 0 Å². The van der Waals surface area contributed by atoms with E-state index in [2.05, 4.69) is 9.97 Å². The van der Waals surface area contributed by atoms with Crippen molar-refractivity contribution in [2.24, 2.45) is 0 Å². The number of oxazole rings is 1. The smallest absolute Gasteiger partial charge is 0.181 e. The van der Waals surface area contributed by atoms with Crippen molar-refractivity contribution in [2.75, 3.05) is 0 Å². The zero-order valence-electron chi connectivity index (χ0n) is 7.48. The van der Waals surface area contributed by atoms with Gasteiger partial charge in [-0.25, -0.2) is 4.98 Å². The van der Waals surface area contributed by atoms with Crippen LogP contribution < -0.4 is 0 Å². The highest BCUT2D eigenvalue weighted by Gasteiger charge is 2.09. The summed E-state index contributed by atoms with van der Waals surface area (Å²) in [5.41, 5.74) is 0.888. The van der Waals surface area contributed by atoms with Crippen LogP contribution in [0.15, 0.2) is 35.3 Å². The molecule has 0 fully saturated rings. The molecule has 3 aromatic rings. The number of halogens is 1. The van der Waals surface area contributed by atoms with E-state index in [0.29, 0.717) is 0 Å². The molecule has 0 aliphatic rings. The van der Waals surface area contributed by atoms with Crippen LogP contribution in [0.5, 0.6) is 0 Å². The molecule has 0 amide bonds. The number of fused-ring (bicyclic) bond motifs is 1. The highest BCUT2D eigenvalue weighted by atomic mass is 35.5. The lowest BCUT2D eigenvalue weighted by molar-refractivity contribution is 0.573. The monoisotopic (exact) mass is 236 g/mol. The van der Waals surface area contributed by atoms with Crippen LogP contribution in [0.25, 0.3) is 20.9 Å². The lowest BCUT2D eigenvalue weighted by atomic mass is 10.3. The van der Waals surface area contributed by atoms with Gasteiger partial charge in [-0.2, -0.15) is 0 Å². The van der Waals surface area contributed by atoms with Crippen LogP contribution in [0.4, 0.5) is 0 Å². The minimum Gasteiger partial charge on any atom is -0.443 e. The first-order valence-corrected chi connectivity index (χ1v) is 5.47. The van der Waals surface area contributed by atoms with Crippen LogP contribution in [0, 0.1) is 0 Å². The zero-order chi connectivity index (χ0) is 10.3. The van der Waals surface area contributed by atoms with Crippen molar-refractivity contribution in [3.8, 4) is 10.6 Å². The number of pyridine rings is 1. The number of hydrogen-bond acceptors (Lipinski definition) is 4. The van der Waals surface area contributed by atoms with Gasteiger partial charge in [0.05, 0.1) is 26.3 Å². The fourth-order valence-corrected chi connectivity index (χ4v) is 2.61. The third kappa shape index (κ3) is 1.42. The van der Waals surface area contributed by atoms with Gasteiger partial charge in [-0.1, -0.05) is 11.6 Å². The molecule has 0 spiro atoms. The number of nitrogens with zero attached hydrogens (tertiary/aromatic N) is 2. The molecule has 3 heterocycles. The van der Waals surface area contributed by atoms with Crippen LogP contribution in [0.1, 0.15) is 0 Å². The first-order chi connectivity index (χ1) is 7.34. The highest BCUT2D eigenvalue weighted by molar-refractivity contribution is 7.22. The fraction of sp³-hybridized carbons (Fsp3) is 0. The van der Waals surface area contributed by atoms with Gasteiger partial charge < -0.3 is 4.42 Å². The van der Waals surface area contributed by atoms with E-state index in [9.17, 15) is 0 Å². The molecular weight excluding hydrogens is 232 g/mol. The van der Waals surface area contributed by atoms with Gasteiger partial charge in [-0.3, -0.25) is 4.98 Å². The fourth-order valence-electron chi connectivity index (χ4n) is 1.37. The largest absolute Gasteiger partial charge is 0.443 e. The van der Waals surface area contributed by atoms with Gasteiger partial charge in [-0.15, -0.1) is 11.3 Å². The molecule has 15 heavy (non-hydrogen) atoms. The van der Waals surface area contributed by atoms with E-state index in [1.54, 1.807) is 29.8 Å². The molecule has 0 aliphatic heterocycles. The zero-order valence-corrected chi connectivity index (χ0v) is 9.05. The summed E-state index contributed by atoms with van der Waals surface area (Å²) < 4.78 is 6.19. The molecule has 0 aliphatic carbocycles. The molecule has 0 saturated carbocycles. The van der Waals surface area contributed by atoms with Crippen molar-refractivity contribution >= 4 is 33.2 Å². The van der Waals surface area contributed by atoms with E-state index in [1.807, 2.05) is 6.07 Å². The Balaban J connectivity index is 2.27. The molecule has 0 unspecified atom stereocenters. The summed E-state index contributed by atoms with van der Waals surface area (Å²) in [7, 11) is 0. The molecule has 0 radical (unpaired) electrons. The van der Waals surface area contributed by atoms with E-state index in [1.165, 1.54) is 6.39 Å². The van der Waals surface area contributed by atoms with Crippen molar-refractivity contribution < 1.29 is 4.42 Å². The molecule has 0 saturated heterocycles. The molecule has 0 bridgehead atoms. The first-order valence-electron chi connectivity index (χ1n) is 4.27. The minimum absolute atomic E-state index is 0.718. The quantitative estimate of drug-likeness (QED) is 0.648. The molecule has 3 nitrogen and oxygen atoms in total. The number of hydrogen-bond donors (Lipinski definition) is 0. The van der Waals surface area contributed by atoms with Gasteiger partial charge >= 0.3 is 0 Å². The number of aromatic nitrogens is 2. The first kappa shape index (κ1) is 8.88. The Labute approximate surface area is 94.3 Å². The summed E-state index contributed by atoms with van der Waals surface area (Å²) in [5.74, 6) is 0.745. The second kappa shape index (κ2) is 3.32. The maximum atomic E-state index is 6.06. The Morgan fingerprint density at radius 1 is 1.40 bits per heavy atom. The van der Waals surface area contributed by atoms with E-state index in [4.69, 9.17) is 16.0 Å². The lowest BCUT2D eigenvalue weighted by Crippen LogP contribution is -1.70. The second-order valence-corrected chi connectivity index (χ2v) is 4.44. The van der Waals surface area contributed by atoms with Gasteiger partial charge in [0.25, 0.3) is 0 Å². The molecular formula is C10H5ClN2OS. The average molecular weight is 237 g/mol. The Hall–Kier alpha value is -1.39. The summed E-state index contributed by atoms with van der Waals surface area (Å²) in [6, 6.07) is 3.73. The van der Waals surface area contributed by atoms with E-state index >= 15 is 0 Å². The third-order valence-corrected chi connectivity index (χ3v) is 3.64. The normalized spacial score (nSPS) is 11.0. The maximum Gasteiger partial charge on any atom is 0.181 e.